The van der Waals surface area contributed by atoms with E-state index in [4.69, 9.17) is 0 Å². The van der Waals surface area contributed by atoms with Crippen LogP contribution in [0, 0.1) is 0 Å². The maximum atomic E-state index is 2.60. The molecule has 0 aromatic carbocycles. The van der Waals surface area contributed by atoms with Gasteiger partial charge in [0.25, 0.3) is 0 Å². The molecule has 1 saturated heterocycles. The molecule has 1 aliphatic rings. The van der Waals surface area contributed by atoms with Gasteiger partial charge in [0, 0.05) is 13.1 Å². The number of hydrogen-bond donors (Lipinski definition) is 0. The molecule has 0 saturated carbocycles. The molecule has 0 aromatic heterocycles. The van der Waals surface area contributed by atoms with Crippen molar-refractivity contribution < 1.29 is 21.5 Å². The zero-order chi connectivity index (χ0) is 9.03. The summed E-state index contributed by atoms with van der Waals surface area (Å²) in [6, 6.07) is 0. The van der Waals surface area contributed by atoms with E-state index in [0.717, 1.165) is 0 Å². The van der Waals surface area contributed by atoms with Crippen LogP contribution in [0.25, 0.3) is 0 Å². The predicted octanol–water partition coefficient (Wildman–Crippen LogP) is -1.82. The van der Waals surface area contributed by atoms with E-state index in [9.17, 15) is 0 Å². The molecule has 1 fully saturated rings. The summed E-state index contributed by atoms with van der Waals surface area (Å²) in [5, 5.41) is 0. The van der Waals surface area contributed by atoms with E-state index < -0.39 is 0 Å². The highest BCUT2D eigenvalue weighted by atomic mass is 79.9. The summed E-state index contributed by atoms with van der Waals surface area (Å²) in [4.78, 5) is 2.60. The second-order valence-electron chi connectivity index (χ2n) is 4.58. The summed E-state index contributed by atoms with van der Waals surface area (Å²) < 4.78 is 1.21. The number of halogens is 1. The molecule has 3 heteroatoms. The van der Waals surface area contributed by atoms with Crippen molar-refractivity contribution >= 4 is 0 Å². The number of nitrogens with zero attached hydrogens (tertiary/aromatic N) is 2. The summed E-state index contributed by atoms with van der Waals surface area (Å²) in [5.41, 5.74) is 0. The monoisotopic (exact) mass is 250 g/mol. The smallest absolute Gasteiger partial charge is 0.0912 e. The molecule has 2 nitrogen and oxygen atoms in total. The zero-order valence-electron chi connectivity index (χ0n) is 9.22. The average Bonchev–Trinajstić information content (AvgIpc) is 2.03. The Bertz CT molecular complexity index is 127. The van der Waals surface area contributed by atoms with Gasteiger partial charge in [-0.3, -0.25) is 4.90 Å². The summed E-state index contributed by atoms with van der Waals surface area (Å²) in [5.74, 6) is 0. The highest BCUT2D eigenvalue weighted by Gasteiger charge is 2.23. The summed E-state index contributed by atoms with van der Waals surface area (Å²) in [6.07, 6.45) is 2.70. The third kappa shape index (κ3) is 4.99. The first kappa shape index (κ1) is 13.4. The minimum absolute atomic E-state index is 0. The van der Waals surface area contributed by atoms with Crippen LogP contribution in [-0.2, 0) is 0 Å². The molecule has 13 heavy (non-hydrogen) atoms. The fourth-order valence-corrected chi connectivity index (χ4v) is 1.65. The van der Waals surface area contributed by atoms with Crippen LogP contribution in [0.5, 0.6) is 0 Å². The topological polar surface area (TPSA) is 3.24 Å². The fraction of sp³-hybridized carbons (Fsp3) is 1.00. The van der Waals surface area contributed by atoms with Gasteiger partial charge in [-0.2, -0.15) is 0 Å². The molecule has 0 bridgehead atoms. The Morgan fingerprint density at radius 1 is 1.15 bits per heavy atom. The maximum Gasteiger partial charge on any atom is 0.0912 e. The van der Waals surface area contributed by atoms with E-state index in [1.54, 1.807) is 0 Å². The Morgan fingerprint density at radius 3 is 2.15 bits per heavy atom. The SMILES string of the molecule is CCCCN1CC[N+](C)(C)CC1.[Br-]. The minimum Gasteiger partial charge on any atom is -1.00 e. The number of quaternary nitrogens is 1. The van der Waals surface area contributed by atoms with Crippen molar-refractivity contribution in [3.63, 3.8) is 0 Å². The van der Waals surface area contributed by atoms with Crippen molar-refractivity contribution in [1.29, 1.82) is 0 Å². The lowest BCUT2D eigenvalue weighted by atomic mass is 10.2. The first-order valence-corrected chi connectivity index (χ1v) is 5.18. The molecule has 0 aromatic rings. The molecule has 0 aliphatic carbocycles. The second kappa shape index (κ2) is 5.99. The molecule has 80 valence electrons. The Morgan fingerprint density at radius 2 is 1.69 bits per heavy atom. The zero-order valence-corrected chi connectivity index (χ0v) is 10.8. The Kier molecular flexibility index (Phi) is 6.18. The molecule has 1 heterocycles. The molecule has 0 N–H and O–H groups in total. The molecule has 0 spiro atoms. The van der Waals surface area contributed by atoms with E-state index >= 15 is 0 Å². The number of piperazine rings is 1. The van der Waals surface area contributed by atoms with Gasteiger partial charge in [0.1, 0.15) is 0 Å². The van der Waals surface area contributed by atoms with E-state index in [1.807, 2.05) is 0 Å². The second-order valence-corrected chi connectivity index (χ2v) is 4.58. The Hall–Kier alpha value is 0.400. The number of hydrogen-bond acceptors (Lipinski definition) is 1. The molecular formula is C10H23BrN2. The lowest BCUT2D eigenvalue weighted by molar-refractivity contribution is -0.894. The third-order valence-electron chi connectivity index (χ3n) is 2.87. The normalized spacial score (nSPS) is 22.4. The van der Waals surface area contributed by atoms with Gasteiger partial charge in [-0.1, -0.05) is 13.3 Å². The molecule has 0 radical (unpaired) electrons. The van der Waals surface area contributed by atoms with Crippen LogP contribution < -0.4 is 17.0 Å². The van der Waals surface area contributed by atoms with Crippen LogP contribution in [0.2, 0.25) is 0 Å². The van der Waals surface area contributed by atoms with Gasteiger partial charge < -0.3 is 21.5 Å². The summed E-state index contributed by atoms with van der Waals surface area (Å²) >= 11 is 0. The molecule has 0 atom stereocenters. The van der Waals surface area contributed by atoms with Gasteiger partial charge in [-0.25, -0.2) is 0 Å². The molecule has 0 amide bonds. The van der Waals surface area contributed by atoms with Crippen LogP contribution >= 0.6 is 0 Å². The van der Waals surface area contributed by atoms with Crippen molar-refractivity contribution in [3.05, 3.63) is 0 Å². The lowest BCUT2D eigenvalue weighted by Crippen LogP contribution is -3.00. The van der Waals surface area contributed by atoms with Crippen LogP contribution in [-0.4, -0.2) is 56.2 Å². The highest BCUT2D eigenvalue weighted by Crippen LogP contribution is 2.06. The molecule has 1 aliphatic heterocycles. The van der Waals surface area contributed by atoms with Crippen molar-refractivity contribution in [2.24, 2.45) is 0 Å². The largest absolute Gasteiger partial charge is 1.00 e. The quantitative estimate of drug-likeness (QED) is 0.534. The predicted molar refractivity (Wildman–Crippen MR) is 53.2 cm³/mol. The Balaban J connectivity index is 0.00000144. The maximum absolute atomic E-state index is 2.60. The number of likely N-dealkylation sites (N-methyl/N-ethyl adjacent to an activating group) is 1. The molecule has 1 rings (SSSR count). The van der Waals surface area contributed by atoms with E-state index in [0.29, 0.717) is 0 Å². The standard InChI is InChI=1S/C10H23N2.BrH/c1-4-5-6-11-7-9-12(2,3)10-8-11;/h4-10H2,1-3H3;1H/q+1;/p-1. The van der Waals surface area contributed by atoms with E-state index in [2.05, 4.69) is 25.9 Å². The van der Waals surface area contributed by atoms with Crippen LogP contribution in [0.3, 0.4) is 0 Å². The van der Waals surface area contributed by atoms with Gasteiger partial charge in [0.05, 0.1) is 27.2 Å². The average molecular weight is 251 g/mol. The summed E-state index contributed by atoms with van der Waals surface area (Å²) in [7, 11) is 4.66. The van der Waals surface area contributed by atoms with Crippen LogP contribution in [0.1, 0.15) is 19.8 Å². The van der Waals surface area contributed by atoms with Gasteiger partial charge in [0.2, 0.25) is 0 Å². The third-order valence-corrected chi connectivity index (χ3v) is 2.87. The van der Waals surface area contributed by atoms with E-state index in [-0.39, 0.29) is 17.0 Å². The summed E-state index contributed by atoms with van der Waals surface area (Å²) in [6.45, 7) is 8.83. The van der Waals surface area contributed by atoms with Crippen molar-refractivity contribution in [3.8, 4) is 0 Å². The first-order valence-electron chi connectivity index (χ1n) is 5.18. The molecular weight excluding hydrogens is 228 g/mol. The first-order chi connectivity index (χ1) is 5.64. The van der Waals surface area contributed by atoms with Gasteiger partial charge in [-0.05, 0) is 13.0 Å². The Labute approximate surface area is 93.3 Å². The van der Waals surface area contributed by atoms with Gasteiger partial charge >= 0.3 is 0 Å². The van der Waals surface area contributed by atoms with Crippen molar-refractivity contribution in [2.75, 3.05) is 46.8 Å². The fourth-order valence-electron chi connectivity index (χ4n) is 1.65. The van der Waals surface area contributed by atoms with Gasteiger partial charge in [0.15, 0.2) is 0 Å². The van der Waals surface area contributed by atoms with E-state index in [1.165, 1.54) is 50.0 Å². The van der Waals surface area contributed by atoms with Crippen molar-refractivity contribution in [2.45, 2.75) is 19.8 Å². The highest BCUT2D eigenvalue weighted by molar-refractivity contribution is 4.61. The number of unbranched alkanes of at least 4 members (excludes halogenated alkanes) is 1. The minimum atomic E-state index is 0. The van der Waals surface area contributed by atoms with Crippen LogP contribution in [0.15, 0.2) is 0 Å². The van der Waals surface area contributed by atoms with Gasteiger partial charge in [-0.15, -0.1) is 0 Å². The van der Waals surface area contributed by atoms with Crippen LogP contribution in [0.4, 0.5) is 0 Å². The lowest BCUT2D eigenvalue weighted by Gasteiger charge is -2.39. The van der Waals surface area contributed by atoms with Crippen molar-refractivity contribution in [1.82, 2.24) is 4.90 Å². The molecule has 0 unspecified atom stereocenters. The number of rotatable bonds is 3.